The van der Waals surface area contributed by atoms with Gasteiger partial charge in [-0.2, -0.15) is 5.10 Å². The number of phenols is 1. The quantitative estimate of drug-likeness (QED) is 0.797. The van der Waals surface area contributed by atoms with Crippen molar-refractivity contribution in [2.24, 2.45) is 0 Å². The summed E-state index contributed by atoms with van der Waals surface area (Å²) in [4.78, 5) is 11.9. The molecule has 2 rings (SSSR count). The summed E-state index contributed by atoms with van der Waals surface area (Å²) >= 11 is 5.75. The van der Waals surface area contributed by atoms with Crippen LogP contribution in [0, 0.1) is 0 Å². The summed E-state index contributed by atoms with van der Waals surface area (Å²) in [6.07, 6.45) is 3.36. The van der Waals surface area contributed by atoms with E-state index in [9.17, 15) is 9.90 Å². The van der Waals surface area contributed by atoms with Gasteiger partial charge in [0.15, 0.2) is 0 Å². The van der Waals surface area contributed by atoms with Crippen LogP contribution in [0.3, 0.4) is 0 Å². The second-order valence-corrected chi connectivity index (χ2v) is 4.30. The van der Waals surface area contributed by atoms with Crippen LogP contribution in [0.15, 0.2) is 30.6 Å². The number of nitrogens with one attached hydrogen (secondary N) is 2. The van der Waals surface area contributed by atoms with E-state index in [2.05, 4.69) is 15.5 Å². The third-order valence-corrected chi connectivity index (χ3v) is 2.88. The zero-order chi connectivity index (χ0) is 13.1. The molecule has 0 bridgehead atoms. The molecule has 0 fully saturated rings. The molecule has 0 saturated carbocycles. The third kappa shape index (κ3) is 2.62. The first-order valence-electron chi connectivity index (χ1n) is 5.36. The van der Waals surface area contributed by atoms with Crippen LogP contribution in [0.2, 0.25) is 5.02 Å². The number of H-pyrrole nitrogens is 1. The second kappa shape index (κ2) is 5.10. The normalized spacial score (nSPS) is 12.1. The summed E-state index contributed by atoms with van der Waals surface area (Å²) in [7, 11) is 0. The van der Waals surface area contributed by atoms with Gasteiger partial charge < -0.3 is 10.4 Å². The van der Waals surface area contributed by atoms with E-state index >= 15 is 0 Å². The summed E-state index contributed by atoms with van der Waals surface area (Å²) in [6.45, 7) is 1.85. The van der Waals surface area contributed by atoms with E-state index in [1.54, 1.807) is 12.4 Å². The first-order valence-corrected chi connectivity index (χ1v) is 5.74. The third-order valence-electron chi connectivity index (χ3n) is 2.58. The maximum Gasteiger partial charge on any atom is 0.251 e. The Morgan fingerprint density at radius 3 is 2.94 bits per heavy atom. The highest BCUT2D eigenvalue weighted by atomic mass is 35.5. The number of aromatic hydroxyl groups is 1. The molecule has 2 aromatic rings. The predicted molar refractivity (Wildman–Crippen MR) is 67.6 cm³/mol. The van der Waals surface area contributed by atoms with Crippen molar-refractivity contribution in [1.82, 2.24) is 15.5 Å². The predicted octanol–water partition coefficient (Wildman–Crippen LogP) is 2.26. The van der Waals surface area contributed by atoms with Crippen LogP contribution in [-0.4, -0.2) is 21.2 Å². The number of hydrogen-bond donors (Lipinski definition) is 3. The fraction of sp³-hybridized carbons (Fsp3) is 0.167. The highest BCUT2D eigenvalue weighted by Crippen LogP contribution is 2.23. The van der Waals surface area contributed by atoms with Gasteiger partial charge >= 0.3 is 0 Å². The van der Waals surface area contributed by atoms with E-state index in [0.717, 1.165) is 5.56 Å². The van der Waals surface area contributed by atoms with Gasteiger partial charge in [0.1, 0.15) is 5.75 Å². The number of aromatic amines is 1. The van der Waals surface area contributed by atoms with Crippen molar-refractivity contribution in [2.45, 2.75) is 13.0 Å². The lowest BCUT2D eigenvalue weighted by atomic mass is 10.1. The minimum atomic E-state index is -0.259. The highest BCUT2D eigenvalue weighted by Gasteiger charge is 2.13. The van der Waals surface area contributed by atoms with Crippen molar-refractivity contribution in [1.29, 1.82) is 0 Å². The SMILES string of the molecule is CC(NC(=O)c1ccc(O)c(Cl)c1)c1cn[nH]c1. The number of carbonyl (C=O) groups is 1. The molecule has 0 radical (unpaired) electrons. The number of halogens is 1. The van der Waals surface area contributed by atoms with Gasteiger partial charge in [0.2, 0.25) is 0 Å². The fourth-order valence-electron chi connectivity index (χ4n) is 1.51. The van der Waals surface area contributed by atoms with Crippen molar-refractivity contribution < 1.29 is 9.90 Å². The molecular weight excluding hydrogens is 254 g/mol. The van der Waals surface area contributed by atoms with Gasteiger partial charge in [-0.05, 0) is 25.1 Å². The van der Waals surface area contributed by atoms with E-state index < -0.39 is 0 Å². The monoisotopic (exact) mass is 265 g/mol. The Morgan fingerprint density at radius 1 is 1.56 bits per heavy atom. The number of amides is 1. The largest absolute Gasteiger partial charge is 0.506 e. The number of rotatable bonds is 3. The first-order chi connectivity index (χ1) is 8.58. The van der Waals surface area contributed by atoms with Crippen LogP contribution >= 0.6 is 11.6 Å². The molecule has 18 heavy (non-hydrogen) atoms. The van der Waals surface area contributed by atoms with Crippen LogP contribution in [0.5, 0.6) is 5.75 Å². The Kier molecular flexibility index (Phi) is 3.53. The zero-order valence-electron chi connectivity index (χ0n) is 9.64. The summed E-state index contributed by atoms with van der Waals surface area (Å²) in [5, 5.41) is 18.7. The molecular formula is C12H12ClN3O2. The molecule has 1 amide bonds. The van der Waals surface area contributed by atoms with Gasteiger partial charge in [-0.25, -0.2) is 0 Å². The number of benzene rings is 1. The van der Waals surface area contributed by atoms with Crippen LogP contribution in [0.4, 0.5) is 0 Å². The van der Waals surface area contributed by atoms with Crippen molar-refractivity contribution in [2.75, 3.05) is 0 Å². The molecule has 1 unspecified atom stereocenters. The maximum absolute atomic E-state index is 11.9. The molecule has 94 valence electrons. The minimum Gasteiger partial charge on any atom is -0.506 e. The number of carbonyl (C=O) groups excluding carboxylic acids is 1. The highest BCUT2D eigenvalue weighted by molar-refractivity contribution is 6.32. The van der Waals surface area contributed by atoms with Gasteiger partial charge in [0, 0.05) is 17.3 Å². The van der Waals surface area contributed by atoms with Crippen LogP contribution in [0.1, 0.15) is 28.9 Å². The summed E-state index contributed by atoms with van der Waals surface area (Å²) in [5.74, 6) is -0.304. The van der Waals surface area contributed by atoms with Gasteiger partial charge in [-0.15, -0.1) is 0 Å². The van der Waals surface area contributed by atoms with E-state index in [0.29, 0.717) is 5.56 Å². The Labute approximate surface area is 109 Å². The summed E-state index contributed by atoms with van der Waals surface area (Å²) < 4.78 is 0. The van der Waals surface area contributed by atoms with Crippen molar-refractivity contribution in [3.05, 3.63) is 46.7 Å². The summed E-state index contributed by atoms with van der Waals surface area (Å²) in [5.41, 5.74) is 1.28. The summed E-state index contributed by atoms with van der Waals surface area (Å²) in [6, 6.07) is 4.16. The molecule has 5 nitrogen and oxygen atoms in total. The van der Waals surface area contributed by atoms with Crippen LogP contribution < -0.4 is 5.32 Å². The number of phenolic OH excluding ortho intramolecular Hbond substituents is 1. The van der Waals surface area contributed by atoms with Gasteiger partial charge in [-0.3, -0.25) is 9.89 Å². The van der Waals surface area contributed by atoms with Crippen molar-refractivity contribution >= 4 is 17.5 Å². The molecule has 6 heteroatoms. The number of hydrogen-bond acceptors (Lipinski definition) is 3. The number of aromatic nitrogens is 2. The Hall–Kier alpha value is -2.01. The second-order valence-electron chi connectivity index (χ2n) is 3.89. The lowest BCUT2D eigenvalue weighted by Crippen LogP contribution is -2.26. The van der Waals surface area contributed by atoms with Crippen LogP contribution in [0.25, 0.3) is 0 Å². The Morgan fingerprint density at radius 2 is 2.33 bits per heavy atom. The van der Waals surface area contributed by atoms with Crippen LogP contribution in [-0.2, 0) is 0 Å². The minimum absolute atomic E-state index is 0.0453. The average molecular weight is 266 g/mol. The lowest BCUT2D eigenvalue weighted by molar-refractivity contribution is 0.0940. The molecule has 0 aliphatic carbocycles. The molecule has 1 heterocycles. The van der Waals surface area contributed by atoms with Gasteiger partial charge in [-0.1, -0.05) is 11.6 Å². The smallest absolute Gasteiger partial charge is 0.251 e. The standard InChI is InChI=1S/C12H12ClN3O2/c1-7(9-5-14-15-6-9)16-12(18)8-2-3-11(17)10(13)4-8/h2-7,17H,1H3,(H,14,15)(H,16,18). The molecule has 3 N–H and O–H groups in total. The van der Waals surface area contributed by atoms with E-state index in [1.165, 1.54) is 18.2 Å². The Bertz CT molecular complexity index is 554. The van der Waals surface area contributed by atoms with Crippen molar-refractivity contribution in [3.8, 4) is 5.75 Å². The van der Waals surface area contributed by atoms with E-state index in [-0.39, 0.29) is 22.7 Å². The maximum atomic E-state index is 11.9. The van der Waals surface area contributed by atoms with Gasteiger partial charge in [0.25, 0.3) is 5.91 Å². The Balaban J connectivity index is 2.10. The molecule has 1 aromatic carbocycles. The zero-order valence-corrected chi connectivity index (χ0v) is 10.4. The first kappa shape index (κ1) is 12.4. The van der Waals surface area contributed by atoms with E-state index in [4.69, 9.17) is 11.6 Å². The molecule has 1 aromatic heterocycles. The average Bonchev–Trinajstić information content (AvgIpc) is 2.86. The molecule has 0 aliphatic heterocycles. The lowest BCUT2D eigenvalue weighted by Gasteiger charge is -2.12. The molecule has 0 aliphatic rings. The molecule has 0 saturated heterocycles. The topological polar surface area (TPSA) is 78.0 Å². The van der Waals surface area contributed by atoms with Gasteiger partial charge in [0.05, 0.1) is 17.3 Å². The molecule has 0 spiro atoms. The molecule has 1 atom stereocenters. The number of nitrogens with zero attached hydrogens (tertiary/aromatic N) is 1. The van der Waals surface area contributed by atoms with Crippen molar-refractivity contribution in [3.63, 3.8) is 0 Å². The fourth-order valence-corrected chi connectivity index (χ4v) is 1.69. The van der Waals surface area contributed by atoms with E-state index in [1.807, 2.05) is 6.92 Å².